The number of rotatable bonds is 4. The minimum atomic E-state index is 1.15. The molecule has 0 radical (unpaired) electrons. The maximum absolute atomic E-state index is 2.47. The lowest BCUT2D eigenvalue weighted by atomic mass is 9.98. The molecule has 0 aliphatic carbocycles. The first-order valence-corrected chi connectivity index (χ1v) is 15.1. The van der Waals surface area contributed by atoms with Crippen molar-refractivity contribution in [2.75, 3.05) is 0 Å². The molecule has 44 heavy (non-hydrogen) atoms. The van der Waals surface area contributed by atoms with Gasteiger partial charge in [0.2, 0.25) is 0 Å². The van der Waals surface area contributed by atoms with Crippen LogP contribution in [0, 0.1) is 0 Å². The fraction of sp³-hybridized carbons (Fsp3) is 0. The molecule has 9 rings (SSSR count). The van der Waals surface area contributed by atoms with Crippen LogP contribution >= 0.6 is 0 Å². The van der Waals surface area contributed by atoms with E-state index in [1.54, 1.807) is 0 Å². The molecule has 0 aliphatic rings. The van der Waals surface area contributed by atoms with Gasteiger partial charge in [0.1, 0.15) is 0 Å². The van der Waals surface area contributed by atoms with Crippen molar-refractivity contribution < 1.29 is 0 Å². The maximum Gasteiger partial charge on any atom is 0.0562 e. The summed E-state index contributed by atoms with van der Waals surface area (Å²) in [6.07, 6.45) is 2.19. The van der Waals surface area contributed by atoms with E-state index < -0.39 is 0 Å². The van der Waals surface area contributed by atoms with Crippen molar-refractivity contribution in [1.82, 2.24) is 9.13 Å². The molecule has 0 saturated heterocycles. The molecule has 0 N–H and O–H groups in total. The Morgan fingerprint density at radius 3 is 1.68 bits per heavy atom. The normalized spacial score (nSPS) is 11.6. The van der Waals surface area contributed by atoms with Crippen LogP contribution in [0.5, 0.6) is 0 Å². The zero-order valence-electron chi connectivity index (χ0n) is 24.1. The van der Waals surface area contributed by atoms with Gasteiger partial charge in [-0.3, -0.25) is 0 Å². The van der Waals surface area contributed by atoms with Gasteiger partial charge >= 0.3 is 0 Å². The molecule has 7 aromatic carbocycles. The van der Waals surface area contributed by atoms with Crippen molar-refractivity contribution in [3.63, 3.8) is 0 Å². The van der Waals surface area contributed by atoms with Gasteiger partial charge in [0.05, 0.1) is 16.6 Å². The summed E-state index contributed by atoms with van der Waals surface area (Å²) in [6, 6.07) is 59.3. The molecule has 206 valence electrons. The van der Waals surface area contributed by atoms with Crippen molar-refractivity contribution >= 4 is 43.5 Å². The van der Waals surface area contributed by atoms with Crippen LogP contribution < -0.4 is 0 Å². The highest BCUT2D eigenvalue weighted by molar-refractivity contribution is 6.23. The average Bonchev–Trinajstić information content (AvgIpc) is 3.67. The standard InChI is InChI=1S/C42H28N2/c1-4-12-29(13-5-1)33-24-34(30-14-6-2-7-15-30)26-36(25-33)44-39-21-20-31-16-10-11-19-37(31)42(39)38-27-32-22-23-43(40(32)28-41(38)44)35-17-8-3-9-18-35/h1-28H. The second-order valence-electron chi connectivity index (χ2n) is 11.5. The topological polar surface area (TPSA) is 9.86 Å². The molecule has 0 amide bonds. The minimum Gasteiger partial charge on any atom is -0.316 e. The predicted molar refractivity (Wildman–Crippen MR) is 186 cm³/mol. The van der Waals surface area contributed by atoms with Crippen LogP contribution in [0.15, 0.2) is 170 Å². The highest BCUT2D eigenvalue weighted by Crippen LogP contribution is 2.41. The summed E-state index contributed by atoms with van der Waals surface area (Å²) in [4.78, 5) is 0. The van der Waals surface area contributed by atoms with E-state index in [2.05, 4.69) is 179 Å². The summed E-state index contributed by atoms with van der Waals surface area (Å²) < 4.78 is 4.77. The summed E-state index contributed by atoms with van der Waals surface area (Å²) in [5, 5.41) is 6.32. The van der Waals surface area contributed by atoms with Gasteiger partial charge in [-0.15, -0.1) is 0 Å². The summed E-state index contributed by atoms with van der Waals surface area (Å²) in [7, 11) is 0. The van der Waals surface area contributed by atoms with Crippen molar-refractivity contribution in [1.29, 1.82) is 0 Å². The number of hydrogen-bond donors (Lipinski definition) is 0. The van der Waals surface area contributed by atoms with Crippen LogP contribution in [0.3, 0.4) is 0 Å². The van der Waals surface area contributed by atoms with Crippen molar-refractivity contribution in [2.45, 2.75) is 0 Å². The third-order valence-corrected chi connectivity index (χ3v) is 8.89. The second kappa shape index (κ2) is 9.86. The quantitative estimate of drug-likeness (QED) is 0.203. The van der Waals surface area contributed by atoms with E-state index in [0.717, 1.165) is 11.4 Å². The molecular weight excluding hydrogens is 532 g/mol. The molecule has 2 heterocycles. The number of benzene rings is 7. The molecule has 0 aliphatic heterocycles. The maximum atomic E-state index is 2.47. The van der Waals surface area contributed by atoms with E-state index in [0.29, 0.717) is 0 Å². The Bertz CT molecular complexity index is 2410. The monoisotopic (exact) mass is 560 g/mol. The first-order chi connectivity index (χ1) is 21.8. The zero-order chi connectivity index (χ0) is 29.0. The van der Waals surface area contributed by atoms with Crippen LogP contribution in [0.1, 0.15) is 0 Å². The summed E-state index contributed by atoms with van der Waals surface area (Å²) in [5.41, 5.74) is 10.7. The number of fused-ring (bicyclic) bond motifs is 6. The van der Waals surface area contributed by atoms with Crippen LogP contribution in [0.25, 0.3) is 77.1 Å². The van der Waals surface area contributed by atoms with Gasteiger partial charge in [-0.1, -0.05) is 109 Å². The third kappa shape index (κ3) is 3.89. The molecule has 9 aromatic rings. The van der Waals surface area contributed by atoms with Crippen LogP contribution in [-0.2, 0) is 0 Å². The van der Waals surface area contributed by atoms with Crippen molar-refractivity contribution in [3.05, 3.63) is 170 Å². The van der Waals surface area contributed by atoms with Gasteiger partial charge in [-0.25, -0.2) is 0 Å². The predicted octanol–water partition coefficient (Wildman–Crippen LogP) is 11.2. The lowest BCUT2D eigenvalue weighted by molar-refractivity contribution is 1.12. The SMILES string of the molecule is c1ccc(-c2cc(-c3ccccc3)cc(-n3c4cc5c(ccn5-c5ccccc5)cc4c4c5ccccc5ccc43)c2)cc1. The highest BCUT2D eigenvalue weighted by atomic mass is 15.0. The molecule has 2 nitrogen and oxygen atoms in total. The van der Waals surface area contributed by atoms with Crippen LogP contribution in [0.2, 0.25) is 0 Å². The number of nitrogens with zero attached hydrogens (tertiary/aromatic N) is 2. The van der Waals surface area contributed by atoms with E-state index in [1.807, 2.05) is 0 Å². The first-order valence-electron chi connectivity index (χ1n) is 15.1. The molecule has 0 bridgehead atoms. The highest BCUT2D eigenvalue weighted by Gasteiger charge is 2.18. The fourth-order valence-electron chi connectivity index (χ4n) is 6.84. The smallest absolute Gasteiger partial charge is 0.0562 e. The van der Waals surface area contributed by atoms with E-state index in [4.69, 9.17) is 0 Å². The Balaban J connectivity index is 1.42. The van der Waals surface area contributed by atoms with Crippen molar-refractivity contribution in [2.24, 2.45) is 0 Å². The summed E-state index contributed by atoms with van der Waals surface area (Å²) in [6.45, 7) is 0. The van der Waals surface area contributed by atoms with Gasteiger partial charge in [0, 0.05) is 33.7 Å². The zero-order valence-corrected chi connectivity index (χ0v) is 24.1. The van der Waals surface area contributed by atoms with E-state index >= 15 is 0 Å². The van der Waals surface area contributed by atoms with Crippen LogP contribution in [0.4, 0.5) is 0 Å². The van der Waals surface area contributed by atoms with E-state index in [1.165, 1.54) is 65.7 Å². The third-order valence-electron chi connectivity index (χ3n) is 8.89. The largest absolute Gasteiger partial charge is 0.316 e. The summed E-state index contributed by atoms with van der Waals surface area (Å²) >= 11 is 0. The average molecular weight is 561 g/mol. The number of hydrogen-bond acceptors (Lipinski definition) is 0. The van der Waals surface area contributed by atoms with Gasteiger partial charge in [-0.2, -0.15) is 0 Å². The Labute approximate surface area is 255 Å². The molecule has 0 saturated carbocycles. The fourth-order valence-corrected chi connectivity index (χ4v) is 6.84. The minimum absolute atomic E-state index is 1.15. The molecule has 2 heteroatoms. The first kappa shape index (κ1) is 24.7. The summed E-state index contributed by atoms with van der Waals surface area (Å²) in [5.74, 6) is 0. The Morgan fingerprint density at radius 1 is 0.341 bits per heavy atom. The van der Waals surface area contributed by atoms with Crippen LogP contribution in [-0.4, -0.2) is 9.13 Å². The van der Waals surface area contributed by atoms with Gasteiger partial charge in [-0.05, 0) is 87.6 Å². The number of para-hydroxylation sites is 1. The Kier molecular flexibility index (Phi) is 5.54. The van der Waals surface area contributed by atoms with Gasteiger partial charge in [0.15, 0.2) is 0 Å². The van der Waals surface area contributed by atoms with Gasteiger partial charge < -0.3 is 9.13 Å². The molecule has 0 fully saturated rings. The second-order valence-corrected chi connectivity index (χ2v) is 11.5. The Morgan fingerprint density at radius 2 is 0.977 bits per heavy atom. The molecule has 0 atom stereocenters. The molecule has 0 spiro atoms. The molecule has 0 unspecified atom stereocenters. The van der Waals surface area contributed by atoms with Gasteiger partial charge in [0.25, 0.3) is 0 Å². The number of aromatic nitrogens is 2. The molecule has 2 aromatic heterocycles. The Hall–Kier alpha value is -5.86. The van der Waals surface area contributed by atoms with E-state index in [9.17, 15) is 0 Å². The lowest BCUT2D eigenvalue weighted by Crippen LogP contribution is -1.97. The van der Waals surface area contributed by atoms with Crippen molar-refractivity contribution in [3.8, 4) is 33.6 Å². The van der Waals surface area contributed by atoms with E-state index in [-0.39, 0.29) is 0 Å². The molecular formula is C42H28N2. The lowest BCUT2D eigenvalue weighted by Gasteiger charge is -2.14.